The van der Waals surface area contributed by atoms with E-state index in [1.54, 1.807) is 0 Å². The summed E-state index contributed by atoms with van der Waals surface area (Å²) in [5.74, 6) is 0.705. The van der Waals surface area contributed by atoms with Gasteiger partial charge in [0.2, 0.25) is 5.91 Å². The van der Waals surface area contributed by atoms with Crippen molar-refractivity contribution in [2.24, 2.45) is 46.3 Å². The van der Waals surface area contributed by atoms with Crippen LogP contribution < -0.4 is 5.32 Å². The van der Waals surface area contributed by atoms with Crippen LogP contribution in [0.2, 0.25) is 0 Å². The topological polar surface area (TPSA) is 144 Å². The Morgan fingerprint density at radius 2 is 1.77 bits per heavy atom. The summed E-state index contributed by atoms with van der Waals surface area (Å²) in [6.45, 7) is 6.56. The quantitative estimate of drug-likeness (QED) is 0.327. The number of aliphatic hydroxyl groups is 3. The summed E-state index contributed by atoms with van der Waals surface area (Å²) in [5.41, 5.74) is -0.254. The van der Waals surface area contributed by atoms with Crippen LogP contribution in [0.1, 0.15) is 78.6 Å². The minimum Gasteiger partial charge on any atom is -0.393 e. The Morgan fingerprint density at radius 3 is 2.46 bits per heavy atom. The van der Waals surface area contributed by atoms with Crippen molar-refractivity contribution in [3.8, 4) is 0 Å². The summed E-state index contributed by atoms with van der Waals surface area (Å²) >= 11 is 0. The molecule has 1 amide bonds. The monoisotopic (exact) mass is 515 g/mol. The molecule has 0 aromatic heterocycles. The van der Waals surface area contributed by atoms with E-state index in [9.17, 15) is 28.5 Å². The molecule has 0 spiro atoms. The normalized spacial score (nSPS) is 46.3. The molecular weight excluding hydrogens is 470 g/mol. The Kier molecular flexibility index (Phi) is 7.69. The largest absolute Gasteiger partial charge is 0.393 e. The van der Waals surface area contributed by atoms with Gasteiger partial charge < -0.3 is 20.6 Å². The number of rotatable bonds is 7. The third-order valence-electron chi connectivity index (χ3n) is 11.0. The van der Waals surface area contributed by atoms with Crippen molar-refractivity contribution < 1.29 is 33.1 Å². The third-order valence-corrected chi connectivity index (χ3v) is 11.7. The second-order valence-electron chi connectivity index (χ2n) is 12.7. The molecule has 0 heterocycles. The standard InChI is InChI=1S/C26H45NO7S/c1-15(4-7-23(31)27-10-11-35(32,33)34)18-5-6-19-24-20(14-22(30)26(18,19)3)25(2)9-8-17(28)12-16(25)13-21(24)29/h15-22,24,28-30H,4-14H2,1-3H3,(H,27,31)(H,32,33,34)/t15-,16+,17-,18?,19?,20?,21?,22+,24?,25+,26-/m1/s1. The highest BCUT2D eigenvalue weighted by atomic mass is 32.2. The van der Waals surface area contributed by atoms with Gasteiger partial charge in [-0.15, -0.1) is 0 Å². The van der Waals surface area contributed by atoms with Crippen molar-refractivity contribution in [2.45, 2.75) is 96.9 Å². The third kappa shape index (κ3) is 5.05. The van der Waals surface area contributed by atoms with E-state index in [-0.39, 0.29) is 65.4 Å². The van der Waals surface area contributed by atoms with Gasteiger partial charge >= 0.3 is 0 Å². The van der Waals surface area contributed by atoms with Gasteiger partial charge in [-0.1, -0.05) is 20.8 Å². The lowest BCUT2D eigenvalue weighted by atomic mass is 9.43. The van der Waals surface area contributed by atoms with Gasteiger partial charge in [-0.25, -0.2) is 0 Å². The molecule has 0 saturated heterocycles. The molecule has 0 aromatic rings. The first-order valence-corrected chi connectivity index (χ1v) is 15.1. The molecule has 4 aliphatic carbocycles. The number of nitrogens with one attached hydrogen (secondary N) is 1. The molecule has 202 valence electrons. The first-order valence-electron chi connectivity index (χ1n) is 13.5. The molecule has 11 atom stereocenters. The molecule has 0 radical (unpaired) electrons. The summed E-state index contributed by atoms with van der Waals surface area (Å²) in [6, 6.07) is 0. The van der Waals surface area contributed by atoms with Gasteiger partial charge in [-0.2, -0.15) is 8.42 Å². The molecular formula is C26H45NO7S. The number of amides is 1. The van der Waals surface area contributed by atoms with Crippen LogP contribution >= 0.6 is 0 Å². The molecule has 4 aliphatic rings. The summed E-state index contributed by atoms with van der Waals surface area (Å²) in [6.07, 6.45) is 5.67. The Balaban J connectivity index is 1.43. The number of carbonyl (C=O) groups is 1. The van der Waals surface area contributed by atoms with Crippen LogP contribution in [0, 0.1) is 46.3 Å². The molecule has 4 rings (SSSR count). The van der Waals surface area contributed by atoms with Crippen LogP contribution in [0.4, 0.5) is 0 Å². The van der Waals surface area contributed by atoms with Crippen molar-refractivity contribution in [3.05, 3.63) is 0 Å². The molecule has 8 nitrogen and oxygen atoms in total. The van der Waals surface area contributed by atoms with Crippen molar-refractivity contribution in [1.29, 1.82) is 0 Å². The first kappa shape index (κ1) is 27.3. The molecule has 5 unspecified atom stereocenters. The average Bonchev–Trinajstić information content (AvgIpc) is 3.12. The highest BCUT2D eigenvalue weighted by molar-refractivity contribution is 7.85. The minimum absolute atomic E-state index is 0.0509. The second kappa shape index (κ2) is 9.86. The Hall–Kier alpha value is -0.740. The smallest absolute Gasteiger partial charge is 0.266 e. The van der Waals surface area contributed by atoms with Crippen molar-refractivity contribution in [1.82, 2.24) is 5.32 Å². The van der Waals surface area contributed by atoms with E-state index < -0.39 is 28.1 Å². The predicted octanol–water partition coefficient (Wildman–Crippen LogP) is 2.37. The number of hydrogen-bond acceptors (Lipinski definition) is 6. The molecule has 9 heteroatoms. The summed E-state index contributed by atoms with van der Waals surface area (Å²) in [7, 11) is -4.10. The van der Waals surface area contributed by atoms with E-state index in [1.165, 1.54) is 0 Å². The lowest BCUT2D eigenvalue weighted by Gasteiger charge is -2.63. The van der Waals surface area contributed by atoms with Gasteiger partial charge in [0.15, 0.2) is 0 Å². The van der Waals surface area contributed by atoms with Crippen molar-refractivity contribution in [3.63, 3.8) is 0 Å². The number of fused-ring (bicyclic) bond motifs is 5. The lowest BCUT2D eigenvalue weighted by molar-refractivity contribution is -0.207. The van der Waals surface area contributed by atoms with E-state index in [0.717, 1.165) is 38.5 Å². The molecule has 5 N–H and O–H groups in total. The molecule has 0 aromatic carbocycles. The Labute approximate surface area is 210 Å². The summed E-state index contributed by atoms with van der Waals surface area (Å²) in [4.78, 5) is 12.2. The van der Waals surface area contributed by atoms with Crippen LogP contribution in [0.25, 0.3) is 0 Å². The molecule has 0 bridgehead atoms. The number of hydrogen-bond donors (Lipinski definition) is 5. The van der Waals surface area contributed by atoms with Gasteiger partial charge in [-0.05, 0) is 97.7 Å². The predicted molar refractivity (Wildman–Crippen MR) is 132 cm³/mol. The zero-order valence-electron chi connectivity index (χ0n) is 21.4. The van der Waals surface area contributed by atoms with E-state index in [2.05, 4.69) is 26.1 Å². The van der Waals surface area contributed by atoms with Gasteiger partial charge in [0.1, 0.15) is 0 Å². The van der Waals surface area contributed by atoms with Crippen LogP contribution in [0.3, 0.4) is 0 Å². The molecule has 4 fully saturated rings. The maximum Gasteiger partial charge on any atom is 0.266 e. The minimum atomic E-state index is -4.10. The van der Waals surface area contributed by atoms with E-state index in [4.69, 9.17) is 4.55 Å². The zero-order valence-corrected chi connectivity index (χ0v) is 22.2. The highest BCUT2D eigenvalue weighted by Crippen LogP contribution is 2.68. The van der Waals surface area contributed by atoms with E-state index in [0.29, 0.717) is 18.8 Å². The van der Waals surface area contributed by atoms with Gasteiger partial charge in [-0.3, -0.25) is 9.35 Å². The Bertz CT molecular complexity index is 896. The van der Waals surface area contributed by atoms with Crippen LogP contribution in [0.15, 0.2) is 0 Å². The number of aliphatic hydroxyl groups excluding tert-OH is 3. The van der Waals surface area contributed by atoms with Crippen LogP contribution in [-0.2, 0) is 14.9 Å². The van der Waals surface area contributed by atoms with Gasteiger partial charge in [0, 0.05) is 13.0 Å². The van der Waals surface area contributed by atoms with Crippen molar-refractivity contribution in [2.75, 3.05) is 12.3 Å². The molecule has 4 saturated carbocycles. The second-order valence-corrected chi connectivity index (χ2v) is 14.2. The summed E-state index contributed by atoms with van der Waals surface area (Å²) in [5, 5.41) is 35.8. The van der Waals surface area contributed by atoms with E-state index >= 15 is 0 Å². The zero-order chi connectivity index (χ0) is 25.8. The summed E-state index contributed by atoms with van der Waals surface area (Å²) < 4.78 is 30.5. The van der Waals surface area contributed by atoms with Crippen LogP contribution in [-0.4, -0.2) is 64.8 Å². The fourth-order valence-electron chi connectivity index (χ4n) is 9.10. The fraction of sp³-hybridized carbons (Fsp3) is 0.962. The lowest BCUT2D eigenvalue weighted by Crippen LogP contribution is -2.62. The average molecular weight is 516 g/mol. The van der Waals surface area contributed by atoms with Gasteiger partial charge in [0.05, 0.1) is 24.1 Å². The van der Waals surface area contributed by atoms with Crippen molar-refractivity contribution >= 4 is 16.0 Å². The molecule has 0 aliphatic heterocycles. The first-order chi connectivity index (χ1) is 16.3. The Morgan fingerprint density at radius 1 is 1.06 bits per heavy atom. The van der Waals surface area contributed by atoms with Gasteiger partial charge in [0.25, 0.3) is 10.1 Å². The number of carbonyl (C=O) groups excluding carboxylic acids is 1. The SMILES string of the molecule is C[C@H](CCC(=O)NCCS(=O)(=O)O)C1CCC2C3C(O)C[C@@H]4C[C@H](O)CC[C@]4(C)C3C[C@H](O)[C@@]21C. The fourth-order valence-corrected chi connectivity index (χ4v) is 9.46. The maximum absolute atomic E-state index is 12.2. The maximum atomic E-state index is 12.2. The highest BCUT2D eigenvalue weighted by Gasteiger charge is 2.65. The van der Waals surface area contributed by atoms with Crippen LogP contribution in [0.5, 0.6) is 0 Å². The molecule has 35 heavy (non-hydrogen) atoms. The van der Waals surface area contributed by atoms with E-state index in [1.807, 2.05) is 0 Å².